The Labute approximate surface area is 101 Å². The Bertz CT molecular complexity index is 259. The van der Waals surface area contributed by atoms with Gasteiger partial charge in [0.25, 0.3) is 5.09 Å². The Morgan fingerprint density at radius 1 is 1.41 bits per heavy atom. The van der Waals surface area contributed by atoms with Crippen LogP contribution in [0, 0.1) is 10.1 Å². The third-order valence-corrected chi connectivity index (χ3v) is 2.02. The number of nitrogens with zero attached hydrogens (tertiary/aromatic N) is 1. The Morgan fingerprint density at radius 2 is 2.00 bits per heavy atom. The number of hydrogen-bond donors (Lipinski definition) is 0. The summed E-state index contributed by atoms with van der Waals surface area (Å²) in [5.41, 5.74) is -0.488. The molecule has 0 bridgehead atoms. The number of ether oxygens (including phenoxy) is 1. The molecule has 100 valence electrons. The van der Waals surface area contributed by atoms with Crippen LogP contribution in [0.25, 0.3) is 0 Å². The van der Waals surface area contributed by atoms with Gasteiger partial charge in [0.05, 0.1) is 0 Å². The second kappa shape index (κ2) is 7.09. The molecular formula is C11H21NO5. The maximum absolute atomic E-state index is 11.4. The third-order valence-electron chi connectivity index (χ3n) is 2.02. The maximum Gasteiger partial charge on any atom is 0.306 e. The highest BCUT2D eigenvalue weighted by molar-refractivity contribution is 5.69. The van der Waals surface area contributed by atoms with Crippen LogP contribution in [0.5, 0.6) is 0 Å². The molecule has 0 aromatic rings. The minimum Gasteiger partial charge on any atom is -0.460 e. The lowest BCUT2D eigenvalue weighted by molar-refractivity contribution is -0.768. The van der Waals surface area contributed by atoms with Gasteiger partial charge in [-0.15, -0.1) is 10.1 Å². The fraction of sp³-hybridized carbons (Fsp3) is 0.909. The van der Waals surface area contributed by atoms with Crippen molar-refractivity contribution in [1.82, 2.24) is 0 Å². The molecule has 0 N–H and O–H groups in total. The zero-order valence-corrected chi connectivity index (χ0v) is 10.9. The van der Waals surface area contributed by atoms with E-state index < -0.39 is 16.8 Å². The molecule has 17 heavy (non-hydrogen) atoms. The van der Waals surface area contributed by atoms with Crippen LogP contribution in [0.4, 0.5) is 0 Å². The van der Waals surface area contributed by atoms with Crippen LogP contribution in [0.1, 0.15) is 53.4 Å². The highest BCUT2D eigenvalue weighted by Gasteiger charge is 2.17. The number of carbonyl (C=O) groups excluding carboxylic acids is 1. The Kier molecular flexibility index (Phi) is 6.53. The quantitative estimate of drug-likeness (QED) is 0.392. The Hall–Kier alpha value is -1.33. The topological polar surface area (TPSA) is 78.7 Å². The molecule has 0 saturated heterocycles. The summed E-state index contributed by atoms with van der Waals surface area (Å²) in [4.78, 5) is 26.0. The molecule has 0 fully saturated rings. The van der Waals surface area contributed by atoms with Gasteiger partial charge in [0.15, 0.2) is 0 Å². The fourth-order valence-electron chi connectivity index (χ4n) is 1.32. The van der Waals surface area contributed by atoms with Gasteiger partial charge in [-0.25, -0.2) is 0 Å². The van der Waals surface area contributed by atoms with Gasteiger partial charge in [-0.1, -0.05) is 6.92 Å². The van der Waals surface area contributed by atoms with Gasteiger partial charge in [-0.2, -0.15) is 0 Å². The van der Waals surface area contributed by atoms with Gasteiger partial charge in [-0.05, 0) is 40.0 Å². The average Bonchev–Trinajstić information content (AvgIpc) is 2.12. The van der Waals surface area contributed by atoms with E-state index >= 15 is 0 Å². The van der Waals surface area contributed by atoms with Gasteiger partial charge >= 0.3 is 5.97 Å². The van der Waals surface area contributed by atoms with Gasteiger partial charge in [0.2, 0.25) is 0 Å². The first kappa shape index (κ1) is 15.7. The first-order valence-electron chi connectivity index (χ1n) is 5.77. The zero-order valence-electron chi connectivity index (χ0n) is 10.9. The van der Waals surface area contributed by atoms with E-state index in [9.17, 15) is 14.9 Å². The predicted molar refractivity (Wildman–Crippen MR) is 61.9 cm³/mol. The smallest absolute Gasteiger partial charge is 0.306 e. The molecule has 6 heteroatoms. The summed E-state index contributed by atoms with van der Waals surface area (Å²) in [5.74, 6) is -0.284. The van der Waals surface area contributed by atoms with Crippen molar-refractivity contribution in [2.75, 3.05) is 0 Å². The minimum atomic E-state index is -0.790. The lowest BCUT2D eigenvalue weighted by atomic mass is 10.1. The van der Waals surface area contributed by atoms with Crippen molar-refractivity contribution >= 4 is 5.97 Å². The van der Waals surface area contributed by atoms with Crippen LogP contribution in [0.3, 0.4) is 0 Å². The van der Waals surface area contributed by atoms with Crippen molar-refractivity contribution in [2.45, 2.75) is 65.1 Å². The van der Waals surface area contributed by atoms with Crippen molar-refractivity contribution in [2.24, 2.45) is 0 Å². The molecule has 6 nitrogen and oxygen atoms in total. The number of carbonyl (C=O) groups is 1. The van der Waals surface area contributed by atoms with E-state index in [1.807, 2.05) is 6.92 Å². The molecule has 1 atom stereocenters. The fourth-order valence-corrected chi connectivity index (χ4v) is 1.32. The van der Waals surface area contributed by atoms with Crippen LogP contribution in [0.15, 0.2) is 0 Å². The Morgan fingerprint density at radius 3 is 2.41 bits per heavy atom. The summed E-state index contributed by atoms with van der Waals surface area (Å²) >= 11 is 0. The highest BCUT2D eigenvalue weighted by atomic mass is 17.0. The first-order chi connectivity index (χ1) is 7.74. The van der Waals surface area contributed by atoms with Crippen LogP contribution in [-0.4, -0.2) is 22.8 Å². The maximum atomic E-state index is 11.4. The van der Waals surface area contributed by atoms with Gasteiger partial charge in [0, 0.05) is 6.42 Å². The molecular weight excluding hydrogens is 226 g/mol. The lowest BCUT2D eigenvalue weighted by Crippen LogP contribution is -2.24. The van der Waals surface area contributed by atoms with Crippen molar-refractivity contribution in [3.05, 3.63) is 10.1 Å². The molecule has 0 heterocycles. The Balaban J connectivity index is 3.81. The number of hydrogen-bond acceptors (Lipinski definition) is 5. The molecule has 0 aliphatic carbocycles. The third kappa shape index (κ3) is 9.59. The highest BCUT2D eigenvalue weighted by Crippen LogP contribution is 2.12. The van der Waals surface area contributed by atoms with Crippen LogP contribution < -0.4 is 0 Å². The van der Waals surface area contributed by atoms with Crippen molar-refractivity contribution in [3.63, 3.8) is 0 Å². The molecule has 0 aromatic carbocycles. The van der Waals surface area contributed by atoms with E-state index in [0.717, 1.165) is 0 Å². The molecule has 0 aliphatic heterocycles. The molecule has 0 unspecified atom stereocenters. The largest absolute Gasteiger partial charge is 0.460 e. The summed E-state index contributed by atoms with van der Waals surface area (Å²) in [6, 6.07) is 0. The summed E-state index contributed by atoms with van der Waals surface area (Å²) in [7, 11) is 0. The molecule has 0 spiro atoms. The van der Waals surface area contributed by atoms with Crippen LogP contribution in [0.2, 0.25) is 0 Å². The van der Waals surface area contributed by atoms with Crippen LogP contribution in [-0.2, 0) is 14.4 Å². The van der Waals surface area contributed by atoms with Gasteiger partial charge < -0.3 is 9.57 Å². The molecule has 0 amide bonds. The van der Waals surface area contributed by atoms with Crippen molar-refractivity contribution < 1.29 is 19.5 Å². The zero-order chi connectivity index (χ0) is 13.5. The number of esters is 1. The summed E-state index contributed by atoms with van der Waals surface area (Å²) in [6.07, 6.45) is 1.38. The molecule has 0 aromatic heterocycles. The molecule has 0 rings (SSSR count). The van der Waals surface area contributed by atoms with E-state index in [0.29, 0.717) is 19.3 Å². The normalized spacial score (nSPS) is 12.9. The minimum absolute atomic E-state index is 0.259. The SMILES string of the molecule is CC[C@@H](CCCC(=O)OC(C)(C)C)O[N+](=O)[O-]. The van der Waals surface area contributed by atoms with Gasteiger partial charge in [-0.3, -0.25) is 4.79 Å². The van der Waals surface area contributed by atoms with Gasteiger partial charge in [0.1, 0.15) is 11.7 Å². The monoisotopic (exact) mass is 247 g/mol. The van der Waals surface area contributed by atoms with E-state index in [4.69, 9.17) is 4.74 Å². The van der Waals surface area contributed by atoms with E-state index in [2.05, 4.69) is 4.84 Å². The van der Waals surface area contributed by atoms with E-state index in [1.165, 1.54) is 0 Å². The number of rotatable bonds is 7. The van der Waals surface area contributed by atoms with E-state index in [1.54, 1.807) is 20.8 Å². The molecule has 0 aliphatic rings. The van der Waals surface area contributed by atoms with E-state index in [-0.39, 0.29) is 12.4 Å². The summed E-state index contributed by atoms with van der Waals surface area (Å²) in [5, 5.41) is 9.35. The van der Waals surface area contributed by atoms with Crippen LogP contribution >= 0.6 is 0 Å². The average molecular weight is 247 g/mol. The molecule has 0 radical (unpaired) electrons. The predicted octanol–water partition coefficient (Wildman–Crippen LogP) is 2.49. The lowest BCUT2D eigenvalue weighted by Gasteiger charge is -2.19. The van der Waals surface area contributed by atoms with Crippen molar-refractivity contribution in [1.29, 1.82) is 0 Å². The second-order valence-corrected chi connectivity index (χ2v) is 4.84. The molecule has 0 saturated carbocycles. The first-order valence-corrected chi connectivity index (χ1v) is 5.77. The standard InChI is InChI=1S/C11H21NO5/c1-5-9(17-12(14)15)7-6-8-10(13)16-11(2,3)4/h9H,5-8H2,1-4H3/t9-/m0/s1. The summed E-state index contributed by atoms with van der Waals surface area (Å²) in [6.45, 7) is 7.21. The second-order valence-electron chi connectivity index (χ2n) is 4.84. The van der Waals surface area contributed by atoms with Crippen molar-refractivity contribution in [3.8, 4) is 0 Å². The summed E-state index contributed by atoms with van der Waals surface area (Å²) < 4.78 is 5.12.